The molecule has 0 saturated heterocycles. The minimum Gasteiger partial charge on any atom is -0.444 e. The molecule has 0 spiro atoms. The number of hydrogen-bond donors (Lipinski definition) is 1. The minimum atomic E-state index is -5.04. The van der Waals surface area contributed by atoms with E-state index in [2.05, 4.69) is 10.1 Å². The Bertz CT molecular complexity index is 608. The summed E-state index contributed by atoms with van der Waals surface area (Å²) in [4.78, 5) is 23.1. The summed E-state index contributed by atoms with van der Waals surface area (Å²) < 4.78 is 58.2. The van der Waals surface area contributed by atoms with E-state index in [-0.39, 0.29) is 18.5 Å². The van der Waals surface area contributed by atoms with Crippen molar-refractivity contribution in [2.45, 2.75) is 39.2 Å². The van der Waals surface area contributed by atoms with Crippen molar-refractivity contribution in [3.05, 3.63) is 29.6 Å². The second-order valence-corrected chi connectivity index (χ2v) is 5.88. The number of nitrogens with one attached hydrogen (secondary N) is 1. The third-order valence-electron chi connectivity index (χ3n) is 2.45. The number of rotatable bonds is 5. The SMILES string of the molecule is CC(C)(C)OC(=O)NCC(=O)Cc1ccc(F)c(OC(F)(F)F)c1. The van der Waals surface area contributed by atoms with E-state index in [1.54, 1.807) is 20.8 Å². The summed E-state index contributed by atoms with van der Waals surface area (Å²) in [5, 5.41) is 2.23. The second-order valence-electron chi connectivity index (χ2n) is 5.88. The summed E-state index contributed by atoms with van der Waals surface area (Å²) in [7, 11) is 0. The average Bonchev–Trinajstić information content (AvgIpc) is 2.37. The van der Waals surface area contributed by atoms with Gasteiger partial charge < -0.3 is 14.8 Å². The number of hydrogen-bond acceptors (Lipinski definition) is 4. The van der Waals surface area contributed by atoms with E-state index in [1.807, 2.05) is 0 Å². The van der Waals surface area contributed by atoms with Crippen LogP contribution in [-0.2, 0) is 16.0 Å². The van der Waals surface area contributed by atoms with Gasteiger partial charge in [0.2, 0.25) is 0 Å². The summed E-state index contributed by atoms with van der Waals surface area (Å²) in [6, 6.07) is 2.71. The number of carbonyl (C=O) groups is 2. The van der Waals surface area contributed by atoms with Crippen molar-refractivity contribution >= 4 is 11.9 Å². The van der Waals surface area contributed by atoms with Crippen molar-refractivity contribution in [3.8, 4) is 5.75 Å². The number of alkyl halides is 3. The van der Waals surface area contributed by atoms with E-state index in [0.717, 1.165) is 18.2 Å². The van der Waals surface area contributed by atoms with Gasteiger partial charge in [-0.1, -0.05) is 6.07 Å². The molecule has 1 aromatic rings. The number of halogens is 4. The molecule has 0 heterocycles. The normalized spacial score (nSPS) is 11.8. The first kappa shape index (κ1) is 19.7. The fourth-order valence-corrected chi connectivity index (χ4v) is 1.64. The quantitative estimate of drug-likeness (QED) is 0.826. The van der Waals surface area contributed by atoms with Gasteiger partial charge in [0.05, 0.1) is 6.54 Å². The Morgan fingerprint density at radius 2 is 1.79 bits per heavy atom. The molecule has 0 aromatic heterocycles. The molecular formula is C15H17F4NO4. The van der Waals surface area contributed by atoms with Crippen LogP contribution in [0.5, 0.6) is 5.75 Å². The summed E-state index contributed by atoms with van der Waals surface area (Å²) >= 11 is 0. The Morgan fingerprint density at radius 3 is 2.33 bits per heavy atom. The van der Waals surface area contributed by atoms with Gasteiger partial charge >= 0.3 is 12.5 Å². The van der Waals surface area contributed by atoms with Gasteiger partial charge in [0, 0.05) is 6.42 Å². The summed E-state index contributed by atoms with van der Waals surface area (Å²) in [5.74, 6) is -2.71. The average molecular weight is 351 g/mol. The van der Waals surface area contributed by atoms with Crippen molar-refractivity contribution < 1.29 is 36.6 Å². The highest BCUT2D eigenvalue weighted by atomic mass is 19.4. The lowest BCUT2D eigenvalue weighted by Gasteiger charge is -2.19. The first-order chi connectivity index (χ1) is 10.9. The smallest absolute Gasteiger partial charge is 0.444 e. The molecule has 0 aliphatic rings. The Hall–Kier alpha value is -2.32. The van der Waals surface area contributed by atoms with Gasteiger partial charge in [-0.05, 0) is 38.5 Å². The largest absolute Gasteiger partial charge is 0.573 e. The molecule has 1 aromatic carbocycles. The summed E-state index contributed by atoms with van der Waals surface area (Å²) in [5.41, 5.74) is -0.611. The number of Topliss-reactive ketones (excluding diaryl/α,β-unsaturated/α-hetero) is 1. The van der Waals surface area contributed by atoms with Crippen molar-refractivity contribution in [2.24, 2.45) is 0 Å². The van der Waals surface area contributed by atoms with E-state index in [0.29, 0.717) is 0 Å². The summed E-state index contributed by atoms with van der Waals surface area (Å²) in [6.45, 7) is 4.57. The van der Waals surface area contributed by atoms with Crippen LogP contribution in [0, 0.1) is 5.82 Å². The van der Waals surface area contributed by atoms with Gasteiger partial charge in [-0.3, -0.25) is 4.79 Å². The van der Waals surface area contributed by atoms with Crippen LogP contribution in [0.4, 0.5) is 22.4 Å². The Labute approximate surface area is 135 Å². The fraction of sp³-hybridized carbons (Fsp3) is 0.467. The third-order valence-corrected chi connectivity index (χ3v) is 2.45. The molecule has 1 amide bonds. The molecule has 0 saturated carbocycles. The predicted molar refractivity (Wildman–Crippen MR) is 76.0 cm³/mol. The molecule has 0 radical (unpaired) electrons. The molecule has 5 nitrogen and oxygen atoms in total. The van der Waals surface area contributed by atoms with E-state index < -0.39 is 35.4 Å². The zero-order chi connectivity index (χ0) is 18.5. The molecule has 0 atom stereocenters. The summed E-state index contributed by atoms with van der Waals surface area (Å²) in [6.07, 6.45) is -6.14. The molecule has 0 bridgehead atoms. The highest BCUT2D eigenvalue weighted by Crippen LogP contribution is 2.26. The Kier molecular flexibility index (Phi) is 6.16. The Morgan fingerprint density at radius 1 is 1.17 bits per heavy atom. The lowest BCUT2D eigenvalue weighted by molar-refractivity contribution is -0.275. The van der Waals surface area contributed by atoms with Crippen LogP contribution in [0.2, 0.25) is 0 Å². The van der Waals surface area contributed by atoms with Crippen molar-refractivity contribution in [2.75, 3.05) is 6.54 Å². The fourth-order valence-electron chi connectivity index (χ4n) is 1.64. The zero-order valence-corrected chi connectivity index (χ0v) is 13.3. The van der Waals surface area contributed by atoms with Crippen molar-refractivity contribution in [3.63, 3.8) is 0 Å². The molecule has 1 N–H and O–H groups in total. The maximum absolute atomic E-state index is 13.3. The van der Waals surface area contributed by atoms with E-state index in [9.17, 15) is 27.2 Å². The van der Waals surface area contributed by atoms with Crippen molar-refractivity contribution in [1.82, 2.24) is 5.32 Å². The van der Waals surface area contributed by atoms with Crippen LogP contribution < -0.4 is 10.1 Å². The van der Waals surface area contributed by atoms with Gasteiger partial charge in [0.25, 0.3) is 0 Å². The number of benzene rings is 1. The lowest BCUT2D eigenvalue weighted by atomic mass is 10.1. The monoisotopic (exact) mass is 351 g/mol. The number of ether oxygens (including phenoxy) is 2. The topological polar surface area (TPSA) is 64.6 Å². The van der Waals surface area contributed by atoms with E-state index >= 15 is 0 Å². The molecule has 24 heavy (non-hydrogen) atoms. The van der Waals surface area contributed by atoms with Crippen LogP contribution in [0.15, 0.2) is 18.2 Å². The highest BCUT2D eigenvalue weighted by molar-refractivity contribution is 5.85. The van der Waals surface area contributed by atoms with Crippen LogP contribution in [-0.4, -0.2) is 30.4 Å². The van der Waals surface area contributed by atoms with Crippen LogP contribution in [0.1, 0.15) is 26.3 Å². The molecule has 0 fully saturated rings. The van der Waals surface area contributed by atoms with Crippen LogP contribution in [0.25, 0.3) is 0 Å². The Balaban J connectivity index is 2.61. The number of amides is 1. The van der Waals surface area contributed by atoms with Gasteiger partial charge in [-0.15, -0.1) is 13.2 Å². The molecular weight excluding hydrogens is 334 g/mol. The van der Waals surface area contributed by atoms with Crippen LogP contribution in [0.3, 0.4) is 0 Å². The van der Waals surface area contributed by atoms with Gasteiger partial charge in [-0.2, -0.15) is 0 Å². The highest BCUT2D eigenvalue weighted by Gasteiger charge is 2.32. The van der Waals surface area contributed by atoms with Crippen molar-refractivity contribution in [1.29, 1.82) is 0 Å². The van der Waals surface area contributed by atoms with Gasteiger partial charge in [0.15, 0.2) is 17.3 Å². The molecule has 134 valence electrons. The number of alkyl carbamates (subject to hydrolysis) is 1. The minimum absolute atomic E-state index is 0.117. The second kappa shape index (κ2) is 7.50. The van der Waals surface area contributed by atoms with Crippen LogP contribution >= 0.6 is 0 Å². The predicted octanol–water partition coefficient (Wildman–Crippen LogP) is 3.36. The third kappa shape index (κ3) is 7.80. The molecule has 1 rings (SSSR count). The maximum atomic E-state index is 13.3. The zero-order valence-electron chi connectivity index (χ0n) is 13.3. The van der Waals surface area contributed by atoms with E-state index in [1.165, 1.54) is 0 Å². The number of ketones is 1. The first-order valence-electron chi connectivity index (χ1n) is 6.88. The van der Waals surface area contributed by atoms with Gasteiger partial charge in [0.1, 0.15) is 5.60 Å². The number of carbonyl (C=O) groups excluding carboxylic acids is 2. The molecule has 0 unspecified atom stereocenters. The standard InChI is InChI=1S/C15H17F4NO4/c1-14(2,3)24-13(22)20-8-10(21)6-9-4-5-11(16)12(7-9)23-15(17,18)19/h4-5,7H,6,8H2,1-3H3,(H,20,22). The molecule has 0 aliphatic heterocycles. The molecule has 9 heteroatoms. The maximum Gasteiger partial charge on any atom is 0.573 e. The van der Waals surface area contributed by atoms with E-state index in [4.69, 9.17) is 4.74 Å². The van der Waals surface area contributed by atoms with Gasteiger partial charge in [-0.25, -0.2) is 9.18 Å². The molecule has 0 aliphatic carbocycles. The first-order valence-corrected chi connectivity index (χ1v) is 6.88. The lowest BCUT2D eigenvalue weighted by Crippen LogP contribution is -2.35.